The van der Waals surface area contributed by atoms with Crippen molar-refractivity contribution in [3.8, 4) is 5.75 Å². The van der Waals surface area contributed by atoms with E-state index in [9.17, 15) is 9.90 Å². The quantitative estimate of drug-likeness (QED) is 0.818. The molecule has 0 radical (unpaired) electrons. The Balaban J connectivity index is 1.95. The third-order valence-corrected chi connectivity index (χ3v) is 5.89. The molecule has 112 valence electrons. The summed E-state index contributed by atoms with van der Waals surface area (Å²) in [5, 5.41) is 14.9. The van der Waals surface area contributed by atoms with E-state index >= 15 is 0 Å². The molecule has 1 saturated heterocycles. The van der Waals surface area contributed by atoms with Crippen LogP contribution in [0.15, 0.2) is 18.2 Å². The van der Waals surface area contributed by atoms with Gasteiger partial charge in [0.25, 0.3) is 0 Å². The van der Waals surface area contributed by atoms with Gasteiger partial charge in [0.15, 0.2) is 0 Å². The highest BCUT2D eigenvalue weighted by atomic mass is 16.5. The average Bonchev–Trinajstić information content (AvgIpc) is 2.47. The first-order chi connectivity index (χ1) is 10.1. The van der Waals surface area contributed by atoms with Crippen LogP contribution in [-0.4, -0.2) is 36.2 Å². The van der Waals surface area contributed by atoms with Gasteiger partial charge in [-0.2, -0.15) is 0 Å². The molecule has 0 aromatic heterocycles. The summed E-state index contributed by atoms with van der Waals surface area (Å²) in [4.78, 5) is 12.2. The Hall–Kier alpha value is -1.39. The van der Waals surface area contributed by atoms with Crippen molar-refractivity contribution in [1.82, 2.24) is 5.32 Å². The van der Waals surface area contributed by atoms with Gasteiger partial charge in [0.1, 0.15) is 11.5 Å². The van der Waals surface area contributed by atoms with Gasteiger partial charge < -0.3 is 15.2 Å². The maximum Gasteiger partial charge on any atom is 0.134 e. The average molecular weight is 287 g/mol. The van der Waals surface area contributed by atoms with Crippen molar-refractivity contribution in [3.63, 3.8) is 0 Å². The minimum Gasteiger partial charge on any atom is -0.497 e. The molecule has 1 saturated carbocycles. The van der Waals surface area contributed by atoms with Crippen LogP contribution in [0.3, 0.4) is 0 Å². The smallest absolute Gasteiger partial charge is 0.134 e. The number of nitrogens with one attached hydrogen (secondary N) is 1. The second kappa shape index (κ2) is 4.31. The van der Waals surface area contributed by atoms with Crippen molar-refractivity contribution in [2.45, 2.75) is 49.2 Å². The van der Waals surface area contributed by atoms with E-state index in [4.69, 9.17) is 4.74 Å². The lowest BCUT2D eigenvalue weighted by Crippen LogP contribution is -2.72. The van der Waals surface area contributed by atoms with Gasteiger partial charge in [0.2, 0.25) is 0 Å². The fourth-order valence-electron chi connectivity index (χ4n) is 4.82. The molecule has 1 unspecified atom stereocenters. The SMILES string of the molecule is COc1ccc2c(c1)[C@]13CCN[C@H](C2)C1(O)CCC(=O)C3. The molecule has 2 N–H and O–H groups in total. The lowest BCUT2D eigenvalue weighted by atomic mass is 9.50. The van der Waals surface area contributed by atoms with Crippen LogP contribution in [0.2, 0.25) is 0 Å². The van der Waals surface area contributed by atoms with Gasteiger partial charge in [-0.15, -0.1) is 0 Å². The number of hydrogen-bond acceptors (Lipinski definition) is 4. The van der Waals surface area contributed by atoms with Crippen LogP contribution in [0.4, 0.5) is 0 Å². The number of piperidine rings is 1. The fraction of sp³-hybridized carbons (Fsp3) is 0.588. The number of hydrogen-bond donors (Lipinski definition) is 2. The first kappa shape index (κ1) is 13.3. The van der Waals surface area contributed by atoms with Crippen molar-refractivity contribution in [3.05, 3.63) is 29.3 Å². The van der Waals surface area contributed by atoms with Crippen LogP contribution in [0.25, 0.3) is 0 Å². The molecule has 3 aliphatic rings. The predicted octanol–water partition coefficient (Wildman–Crippen LogP) is 1.34. The molecule has 1 heterocycles. The summed E-state index contributed by atoms with van der Waals surface area (Å²) in [5.74, 6) is 1.08. The van der Waals surface area contributed by atoms with E-state index in [2.05, 4.69) is 11.4 Å². The Morgan fingerprint density at radius 1 is 1.38 bits per heavy atom. The number of carbonyl (C=O) groups is 1. The summed E-state index contributed by atoms with van der Waals surface area (Å²) in [6, 6.07) is 6.16. The monoisotopic (exact) mass is 287 g/mol. The van der Waals surface area contributed by atoms with Crippen LogP contribution >= 0.6 is 0 Å². The minimum absolute atomic E-state index is 0.0558. The first-order valence-electron chi connectivity index (χ1n) is 7.74. The van der Waals surface area contributed by atoms with E-state index in [1.807, 2.05) is 12.1 Å². The van der Waals surface area contributed by atoms with Crippen molar-refractivity contribution in [1.29, 1.82) is 0 Å². The molecular weight excluding hydrogens is 266 g/mol. The summed E-state index contributed by atoms with van der Waals surface area (Å²) >= 11 is 0. The van der Waals surface area contributed by atoms with E-state index in [1.165, 1.54) is 5.56 Å². The Bertz CT molecular complexity index is 614. The minimum atomic E-state index is -0.807. The Morgan fingerprint density at radius 2 is 2.24 bits per heavy atom. The van der Waals surface area contributed by atoms with Crippen LogP contribution in [0.1, 0.15) is 36.8 Å². The highest BCUT2D eigenvalue weighted by Gasteiger charge is 2.62. The van der Waals surface area contributed by atoms with Crippen molar-refractivity contribution in [2.24, 2.45) is 0 Å². The maximum atomic E-state index is 12.2. The molecule has 4 heteroatoms. The predicted molar refractivity (Wildman–Crippen MR) is 78.6 cm³/mol. The topological polar surface area (TPSA) is 58.6 Å². The molecule has 2 bridgehead atoms. The number of ether oxygens (including phenoxy) is 1. The van der Waals surface area contributed by atoms with Crippen LogP contribution in [0.5, 0.6) is 5.75 Å². The summed E-state index contributed by atoms with van der Waals surface area (Å²) in [6.07, 6.45) is 3.16. The number of methoxy groups -OCH3 is 1. The summed E-state index contributed by atoms with van der Waals surface area (Å²) in [5.41, 5.74) is 1.14. The number of rotatable bonds is 1. The first-order valence-corrected chi connectivity index (χ1v) is 7.74. The molecule has 21 heavy (non-hydrogen) atoms. The second-order valence-electron chi connectivity index (χ2n) is 6.71. The normalized spacial score (nSPS) is 37.6. The number of fused-ring (bicyclic) bond motifs is 1. The van der Waals surface area contributed by atoms with Gasteiger partial charge in [-0.05, 0) is 49.1 Å². The molecule has 4 rings (SSSR count). The summed E-state index contributed by atoms with van der Waals surface area (Å²) < 4.78 is 5.37. The van der Waals surface area contributed by atoms with Gasteiger partial charge >= 0.3 is 0 Å². The molecule has 1 aromatic rings. The van der Waals surface area contributed by atoms with E-state index < -0.39 is 11.0 Å². The largest absolute Gasteiger partial charge is 0.497 e. The van der Waals surface area contributed by atoms with E-state index in [-0.39, 0.29) is 11.8 Å². The van der Waals surface area contributed by atoms with Gasteiger partial charge in [0.05, 0.1) is 12.7 Å². The Morgan fingerprint density at radius 3 is 3.05 bits per heavy atom. The molecule has 3 atom stereocenters. The maximum absolute atomic E-state index is 12.2. The zero-order valence-corrected chi connectivity index (χ0v) is 12.3. The van der Waals surface area contributed by atoms with Gasteiger partial charge in [-0.3, -0.25) is 4.79 Å². The third-order valence-electron chi connectivity index (χ3n) is 5.89. The number of ketones is 1. The van der Waals surface area contributed by atoms with Crippen molar-refractivity contribution < 1.29 is 14.6 Å². The lowest BCUT2D eigenvalue weighted by molar-refractivity contribution is -0.149. The molecule has 0 spiro atoms. The third kappa shape index (κ3) is 1.60. The Kier molecular flexibility index (Phi) is 2.72. The van der Waals surface area contributed by atoms with E-state index in [1.54, 1.807) is 7.11 Å². The highest BCUT2D eigenvalue weighted by molar-refractivity contribution is 5.82. The molecule has 1 aromatic carbocycles. The Labute approximate surface area is 124 Å². The van der Waals surface area contributed by atoms with Crippen LogP contribution in [-0.2, 0) is 16.6 Å². The molecular formula is C17H21NO3. The zero-order valence-electron chi connectivity index (χ0n) is 12.3. The van der Waals surface area contributed by atoms with Crippen LogP contribution in [0, 0.1) is 0 Å². The van der Waals surface area contributed by atoms with E-state index in [0.29, 0.717) is 19.3 Å². The summed E-state index contributed by atoms with van der Waals surface area (Å²) in [6.45, 7) is 0.858. The standard InChI is InChI=1S/C17H21NO3/c1-21-13-3-2-11-8-15-17(20)5-4-12(19)10-16(17,6-7-18-15)14(11)9-13/h2-3,9,15,18,20H,4-8,10H2,1H3/t15-,16-,17?/m1/s1. The number of aliphatic hydroxyl groups is 1. The number of benzene rings is 1. The number of carbonyl (C=O) groups excluding carboxylic acids is 1. The molecule has 4 nitrogen and oxygen atoms in total. The molecule has 2 fully saturated rings. The van der Waals surface area contributed by atoms with Gasteiger partial charge in [0, 0.05) is 24.3 Å². The second-order valence-corrected chi connectivity index (χ2v) is 6.71. The van der Waals surface area contributed by atoms with Crippen molar-refractivity contribution in [2.75, 3.05) is 13.7 Å². The summed E-state index contributed by atoms with van der Waals surface area (Å²) in [7, 11) is 1.66. The van der Waals surface area contributed by atoms with Gasteiger partial charge in [-0.25, -0.2) is 0 Å². The zero-order chi connectivity index (χ0) is 14.7. The molecule has 0 amide bonds. The fourth-order valence-corrected chi connectivity index (χ4v) is 4.82. The molecule has 2 aliphatic carbocycles. The molecule has 1 aliphatic heterocycles. The van der Waals surface area contributed by atoms with Crippen molar-refractivity contribution >= 4 is 5.78 Å². The van der Waals surface area contributed by atoms with E-state index in [0.717, 1.165) is 30.7 Å². The highest BCUT2D eigenvalue weighted by Crippen LogP contribution is 2.55. The van der Waals surface area contributed by atoms with Gasteiger partial charge in [-0.1, -0.05) is 6.07 Å². The number of Topliss-reactive ketones (excluding diaryl/α,β-unsaturated/α-hetero) is 1. The lowest BCUT2D eigenvalue weighted by Gasteiger charge is -2.60. The van der Waals surface area contributed by atoms with Crippen LogP contribution < -0.4 is 10.1 Å².